The highest BCUT2D eigenvalue weighted by Crippen LogP contribution is 2.27. The van der Waals surface area contributed by atoms with Gasteiger partial charge in [0, 0.05) is 19.3 Å². The van der Waals surface area contributed by atoms with Gasteiger partial charge in [0.05, 0.1) is 17.4 Å². The lowest BCUT2D eigenvalue weighted by atomic mass is 9.82. The molecule has 0 radical (unpaired) electrons. The Morgan fingerprint density at radius 2 is 2.22 bits per heavy atom. The van der Waals surface area contributed by atoms with E-state index in [1.54, 1.807) is 12.1 Å². The van der Waals surface area contributed by atoms with Crippen LogP contribution in [0, 0.1) is 5.92 Å². The number of aromatic carboxylic acids is 1. The molecule has 98 valence electrons. The molecule has 0 aliphatic heterocycles. The van der Waals surface area contributed by atoms with E-state index in [-0.39, 0.29) is 11.7 Å². The van der Waals surface area contributed by atoms with E-state index >= 15 is 0 Å². The molecule has 0 unspecified atom stereocenters. The van der Waals surface area contributed by atoms with Gasteiger partial charge in [0.25, 0.3) is 0 Å². The molecule has 0 amide bonds. The summed E-state index contributed by atoms with van der Waals surface area (Å²) < 4.78 is 0. The molecule has 1 aromatic rings. The molecule has 18 heavy (non-hydrogen) atoms. The number of pyridine rings is 1. The number of nitrogens with zero attached hydrogens (tertiary/aromatic N) is 2. The zero-order valence-electron chi connectivity index (χ0n) is 10.4. The third-order valence-corrected chi connectivity index (χ3v) is 3.28. The monoisotopic (exact) mass is 250 g/mol. The second-order valence-corrected chi connectivity index (χ2v) is 5.03. The van der Waals surface area contributed by atoms with Crippen LogP contribution in [0.4, 0.5) is 0 Å². The van der Waals surface area contributed by atoms with Crippen molar-refractivity contribution in [2.75, 3.05) is 13.6 Å². The summed E-state index contributed by atoms with van der Waals surface area (Å²) in [5.41, 5.74) is 1.07. The van der Waals surface area contributed by atoms with Crippen LogP contribution >= 0.6 is 0 Å². The van der Waals surface area contributed by atoms with Gasteiger partial charge in [-0.3, -0.25) is 4.98 Å². The largest absolute Gasteiger partial charge is 0.478 e. The molecular weight excluding hydrogens is 232 g/mol. The minimum atomic E-state index is -0.953. The Labute approximate surface area is 106 Å². The number of carboxylic acid groups (broad SMARTS) is 1. The molecule has 5 nitrogen and oxygen atoms in total. The molecule has 2 N–H and O–H groups in total. The summed E-state index contributed by atoms with van der Waals surface area (Å²) in [6.45, 7) is 1.64. The standard InChI is InChI=1S/C13H18N2O3/c1-15(7-9-4-12(16)5-9)8-11-3-2-10(6-14-11)13(17)18/h2-3,6,9,12,16H,4-5,7-8H2,1H3,(H,17,18). The van der Waals surface area contributed by atoms with Gasteiger partial charge in [0.1, 0.15) is 0 Å². The SMILES string of the molecule is CN(Cc1ccc(C(=O)O)cn1)CC1CC(O)C1. The smallest absolute Gasteiger partial charge is 0.337 e. The lowest BCUT2D eigenvalue weighted by Crippen LogP contribution is -2.36. The van der Waals surface area contributed by atoms with Gasteiger partial charge in [-0.25, -0.2) is 4.79 Å². The third-order valence-electron chi connectivity index (χ3n) is 3.28. The third kappa shape index (κ3) is 3.27. The molecule has 0 bridgehead atoms. The van der Waals surface area contributed by atoms with E-state index in [2.05, 4.69) is 9.88 Å². The van der Waals surface area contributed by atoms with E-state index in [0.717, 1.165) is 25.1 Å². The summed E-state index contributed by atoms with van der Waals surface area (Å²) in [5, 5.41) is 18.0. The van der Waals surface area contributed by atoms with Gasteiger partial charge in [-0.2, -0.15) is 0 Å². The minimum absolute atomic E-state index is 0.114. The predicted octanol–water partition coefficient (Wildman–Crippen LogP) is 0.982. The Hall–Kier alpha value is -1.46. The first-order valence-corrected chi connectivity index (χ1v) is 6.09. The fourth-order valence-corrected chi connectivity index (χ4v) is 2.28. The van der Waals surface area contributed by atoms with Crippen LogP contribution in [-0.4, -0.2) is 45.8 Å². The molecular formula is C13H18N2O3. The lowest BCUT2D eigenvalue weighted by molar-refractivity contribution is 0.0272. The van der Waals surface area contributed by atoms with E-state index in [9.17, 15) is 9.90 Å². The van der Waals surface area contributed by atoms with E-state index in [0.29, 0.717) is 12.5 Å². The summed E-state index contributed by atoms with van der Waals surface area (Å²) in [4.78, 5) is 17.0. The van der Waals surface area contributed by atoms with Crippen molar-refractivity contribution in [3.63, 3.8) is 0 Å². The number of carboxylic acids is 1. The first kappa shape index (κ1) is 13.0. The van der Waals surface area contributed by atoms with Crippen molar-refractivity contribution >= 4 is 5.97 Å². The maximum atomic E-state index is 10.7. The Kier molecular flexibility index (Phi) is 3.93. The number of rotatable bonds is 5. The predicted molar refractivity (Wildman–Crippen MR) is 66.3 cm³/mol. The molecule has 0 spiro atoms. The second kappa shape index (κ2) is 5.46. The van der Waals surface area contributed by atoms with Crippen molar-refractivity contribution in [2.24, 2.45) is 5.92 Å². The van der Waals surface area contributed by atoms with Gasteiger partial charge in [-0.15, -0.1) is 0 Å². The van der Waals surface area contributed by atoms with E-state index in [1.165, 1.54) is 6.20 Å². The Morgan fingerprint density at radius 1 is 1.50 bits per heavy atom. The average molecular weight is 250 g/mol. The molecule has 2 rings (SSSR count). The molecule has 0 saturated heterocycles. The minimum Gasteiger partial charge on any atom is -0.478 e. The maximum Gasteiger partial charge on any atom is 0.337 e. The Balaban J connectivity index is 1.83. The number of carbonyl (C=O) groups is 1. The van der Waals surface area contributed by atoms with Crippen molar-refractivity contribution in [3.8, 4) is 0 Å². The summed E-state index contributed by atoms with van der Waals surface area (Å²) in [6, 6.07) is 3.32. The molecule has 0 atom stereocenters. The van der Waals surface area contributed by atoms with Crippen LogP contribution in [0.15, 0.2) is 18.3 Å². The molecule has 1 aliphatic rings. The van der Waals surface area contributed by atoms with Gasteiger partial charge in [-0.05, 0) is 37.9 Å². The Bertz CT molecular complexity index is 413. The average Bonchev–Trinajstić information content (AvgIpc) is 2.27. The number of aliphatic hydroxyl groups excluding tert-OH is 1. The number of hydrogen-bond donors (Lipinski definition) is 2. The molecule has 1 heterocycles. The van der Waals surface area contributed by atoms with Crippen molar-refractivity contribution in [2.45, 2.75) is 25.5 Å². The second-order valence-electron chi connectivity index (χ2n) is 5.03. The topological polar surface area (TPSA) is 73.7 Å². The summed E-state index contributed by atoms with van der Waals surface area (Å²) in [5.74, 6) is -0.380. The van der Waals surface area contributed by atoms with Crippen molar-refractivity contribution in [1.82, 2.24) is 9.88 Å². The highest BCUT2D eigenvalue weighted by atomic mass is 16.4. The molecule has 1 saturated carbocycles. The lowest BCUT2D eigenvalue weighted by Gasteiger charge is -2.34. The van der Waals surface area contributed by atoms with Crippen molar-refractivity contribution < 1.29 is 15.0 Å². The highest BCUT2D eigenvalue weighted by molar-refractivity contribution is 5.87. The zero-order chi connectivity index (χ0) is 13.1. The summed E-state index contributed by atoms with van der Waals surface area (Å²) >= 11 is 0. The molecule has 1 fully saturated rings. The fraction of sp³-hybridized carbons (Fsp3) is 0.538. The number of aliphatic hydroxyl groups is 1. The maximum absolute atomic E-state index is 10.7. The molecule has 1 aliphatic carbocycles. The fourth-order valence-electron chi connectivity index (χ4n) is 2.28. The van der Waals surface area contributed by atoms with Crippen LogP contribution in [0.5, 0.6) is 0 Å². The van der Waals surface area contributed by atoms with Gasteiger partial charge in [0.15, 0.2) is 0 Å². The normalized spacial score (nSPS) is 22.8. The molecule has 0 aromatic carbocycles. The van der Waals surface area contributed by atoms with Crippen LogP contribution in [0.2, 0.25) is 0 Å². The Morgan fingerprint density at radius 3 is 2.72 bits per heavy atom. The van der Waals surface area contributed by atoms with Crippen molar-refractivity contribution in [1.29, 1.82) is 0 Å². The van der Waals surface area contributed by atoms with Crippen LogP contribution in [0.3, 0.4) is 0 Å². The first-order valence-electron chi connectivity index (χ1n) is 6.09. The summed E-state index contributed by atoms with van der Waals surface area (Å²) in [6.07, 6.45) is 3.04. The summed E-state index contributed by atoms with van der Waals surface area (Å²) in [7, 11) is 2.01. The number of aromatic nitrogens is 1. The van der Waals surface area contributed by atoms with Gasteiger partial charge in [-0.1, -0.05) is 0 Å². The van der Waals surface area contributed by atoms with E-state index < -0.39 is 5.97 Å². The van der Waals surface area contributed by atoms with E-state index in [1.807, 2.05) is 7.05 Å². The van der Waals surface area contributed by atoms with Gasteiger partial charge < -0.3 is 15.1 Å². The first-order chi connectivity index (χ1) is 8.54. The van der Waals surface area contributed by atoms with Crippen LogP contribution in [-0.2, 0) is 6.54 Å². The van der Waals surface area contributed by atoms with E-state index in [4.69, 9.17) is 5.11 Å². The number of hydrogen-bond acceptors (Lipinski definition) is 4. The van der Waals surface area contributed by atoms with Crippen LogP contribution in [0.25, 0.3) is 0 Å². The zero-order valence-corrected chi connectivity index (χ0v) is 10.4. The van der Waals surface area contributed by atoms with Crippen molar-refractivity contribution in [3.05, 3.63) is 29.6 Å². The van der Waals surface area contributed by atoms with Gasteiger partial charge >= 0.3 is 5.97 Å². The highest BCUT2D eigenvalue weighted by Gasteiger charge is 2.27. The van der Waals surface area contributed by atoms with Crippen LogP contribution < -0.4 is 0 Å². The van der Waals surface area contributed by atoms with Gasteiger partial charge in [0.2, 0.25) is 0 Å². The quantitative estimate of drug-likeness (QED) is 0.815. The molecule has 5 heteroatoms. The van der Waals surface area contributed by atoms with Crippen LogP contribution in [0.1, 0.15) is 28.9 Å². The molecule has 1 aromatic heterocycles.